The number of carbonyl (C=O) groups excluding carboxylic acids is 1. The van der Waals surface area contributed by atoms with Crippen molar-refractivity contribution in [2.24, 2.45) is 0 Å². The number of hydrogen-bond acceptors (Lipinski definition) is 6. The van der Waals surface area contributed by atoms with Crippen LogP contribution in [0.5, 0.6) is 0 Å². The van der Waals surface area contributed by atoms with Gasteiger partial charge in [-0.15, -0.1) is 10.2 Å². The van der Waals surface area contributed by atoms with Crippen LogP contribution in [0.4, 0.5) is 0 Å². The molecule has 0 aliphatic carbocycles. The molecule has 26 heavy (non-hydrogen) atoms. The summed E-state index contributed by atoms with van der Waals surface area (Å²) in [6, 6.07) is 1.88. The second-order valence-electron chi connectivity index (χ2n) is 6.80. The molecule has 1 atom stereocenters. The van der Waals surface area contributed by atoms with Gasteiger partial charge in [-0.05, 0) is 39.2 Å². The molecule has 7 heteroatoms. The summed E-state index contributed by atoms with van der Waals surface area (Å²) in [6.45, 7) is 8.05. The number of carbonyl (C=O) groups is 1. The summed E-state index contributed by atoms with van der Waals surface area (Å²) in [5.74, 6) is 2.57. The van der Waals surface area contributed by atoms with Crippen molar-refractivity contribution >= 4 is 5.91 Å². The lowest BCUT2D eigenvalue weighted by Crippen LogP contribution is -2.38. The first-order chi connectivity index (χ1) is 12.6. The molecule has 1 fully saturated rings. The first-order valence-corrected chi connectivity index (χ1v) is 9.36. The number of ether oxygens (including phenoxy) is 1. The highest BCUT2D eigenvalue weighted by molar-refractivity contribution is 5.76. The summed E-state index contributed by atoms with van der Waals surface area (Å²) >= 11 is 0. The smallest absolute Gasteiger partial charge is 0.251 e. The minimum Gasteiger partial charge on any atom is -0.466 e. The van der Waals surface area contributed by atoms with Crippen molar-refractivity contribution in [2.75, 3.05) is 19.7 Å². The number of rotatable bonds is 8. The van der Waals surface area contributed by atoms with Gasteiger partial charge in [0.05, 0.1) is 11.7 Å². The van der Waals surface area contributed by atoms with E-state index in [1.165, 1.54) is 0 Å². The molecule has 7 nitrogen and oxygen atoms in total. The Kier molecular flexibility index (Phi) is 6.08. The van der Waals surface area contributed by atoms with Crippen LogP contribution in [0, 0.1) is 13.8 Å². The van der Waals surface area contributed by atoms with E-state index in [4.69, 9.17) is 13.6 Å². The van der Waals surface area contributed by atoms with E-state index in [1.807, 2.05) is 24.8 Å². The highest BCUT2D eigenvalue weighted by atomic mass is 16.5. The second kappa shape index (κ2) is 8.49. The van der Waals surface area contributed by atoms with Gasteiger partial charge in [-0.1, -0.05) is 6.92 Å². The lowest BCUT2D eigenvalue weighted by atomic mass is 10.2. The normalized spacial score (nSPS) is 17.0. The van der Waals surface area contributed by atoms with E-state index in [1.54, 1.807) is 0 Å². The van der Waals surface area contributed by atoms with E-state index in [0.29, 0.717) is 31.2 Å². The molecular formula is C19H27N3O4. The molecule has 1 saturated heterocycles. The molecule has 1 aliphatic heterocycles. The Balaban J connectivity index is 1.57. The van der Waals surface area contributed by atoms with E-state index in [9.17, 15) is 4.79 Å². The predicted octanol–water partition coefficient (Wildman–Crippen LogP) is 3.30. The van der Waals surface area contributed by atoms with Crippen molar-refractivity contribution in [3.63, 3.8) is 0 Å². The van der Waals surface area contributed by atoms with Crippen molar-refractivity contribution in [1.82, 2.24) is 15.1 Å². The van der Waals surface area contributed by atoms with E-state index in [-0.39, 0.29) is 12.0 Å². The first kappa shape index (κ1) is 18.6. The third kappa shape index (κ3) is 4.52. The molecule has 0 aromatic carbocycles. The fraction of sp³-hybridized carbons (Fsp3) is 0.632. The summed E-state index contributed by atoms with van der Waals surface area (Å²) in [4.78, 5) is 14.5. The molecule has 0 spiro atoms. The SMILES string of the molecule is CCCN(C[C@@H]1CCCO1)C(=O)CCc1nnc(-c2cc(C)oc2C)o1. The Bertz CT molecular complexity index is 731. The van der Waals surface area contributed by atoms with Crippen LogP contribution in [-0.4, -0.2) is 46.8 Å². The van der Waals surface area contributed by atoms with E-state index >= 15 is 0 Å². The zero-order chi connectivity index (χ0) is 18.5. The fourth-order valence-corrected chi connectivity index (χ4v) is 3.30. The van der Waals surface area contributed by atoms with Gasteiger partial charge in [0.1, 0.15) is 11.5 Å². The molecular weight excluding hydrogens is 334 g/mol. The van der Waals surface area contributed by atoms with Gasteiger partial charge in [-0.2, -0.15) is 0 Å². The van der Waals surface area contributed by atoms with Gasteiger partial charge >= 0.3 is 0 Å². The predicted molar refractivity (Wildman–Crippen MR) is 95.6 cm³/mol. The Labute approximate surface area is 153 Å². The largest absolute Gasteiger partial charge is 0.466 e. The maximum Gasteiger partial charge on any atom is 0.251 e. The number of nitrogens with zero attached hydrogens (tertiary/aromatic N) is 3. The lowest BCUT2D eigenvalue weighted by molar-refractivity contribution is -0.132. The summed E-state index contributed by atoms with van der Waals surface area (Å²) in [6.07, 6.45) is 4.02. The van der Waals surface area contributed by atoms with Crippen LogP contribution in [0.1, 0.15) is 50.0 Å². The highest BCUT2D eigenvalue weighted by Crippen LogP contribution is 2.25. The topological polar surface area (TPSA) is 81.6 Å². The summed E-state index contributed by atoms with van der Waals surface area (Å²) in [7, 11) is 0. The average Bonchev–Trinajstić information content (AvgIpc) is 3.34. The van der Waals surface area contributed by atoms with Crippen molar-refractivity contribution in [3.05, 3.63) is 23.5 Å². The van der Waals surface area contributed by atoms with Crippen molar-refractivity contribution in [2.45, 2.75) is 59.0 Å². The number of aromatic nitrogens is 2. The Hall–Kier alpha value is -2.15. The maximum atomic E-state index is 12.6. The zero-order valence-corrected chi connectivity index (χ0v) is 15.8. The van der Waals surface area contributed by atoms with E-state index in [2.05, 4.69) is 17.1 Å². The molecule has 1 aliphatic rings. The van der Waals surface area contributed by atoms with Crippen LogP contribution in [0.3, 0.4) is 0 Å². The first-order valence-electron chi connectivity index (χ1n) is 9.36. The average molecular weight is 361 g/mol. The van der Waals surface area contributed by atoms with Gasteiger partial charge in [-0.3, -0.25) is 4.79 Å². The van der Waals surface area contributed by atoms with E-state index < -0.39 is 0 Å². The number of furan rings is 1. The summed E-state index contributed by atoms with van der Waals surface area (Å²) in [5, 5.41) is 8.15. The molecule has 0 saturated carbocycles. The third-order valence-corrected chi connectivity index (χ3v) is 4.59. The van der Waals surface area contributed by atoms with Crippen molar-refractivity contribution < 1.29 is 18.4 Å². The number of amides is 1. The second-order valence-corrected chi connectivity index (χ2v) is 6.80. The molecule has 3 rings (SSSR count). The number of aryl methyl sites for hydroxylation is 3. The van der Waals surface area contributed by atoms with Crippen LogP contribution in [0.25, 0.3) is 11.5 Å². The minimum atomic E-state index is 0.109. The van der Waals surface area contributed by atoms with Crippen LogP contribution in [-0.2, 0) is 16.0 Å². The molecule has 1 amide bonds. The van der Waals surface area contributed by atoms with Crippen LogP contribution in [0.2, 0.25) is 0 Å². The summed E-state index contributed by atoms with van der Waals surface area (Å²) < 4.78 is 16.9. The maximum absolute atomic E-state index is 12.6. The Morgan fingerprint density at radius 3 is 2.81 bits per heavy atom. The van der Waals surface area contributed by atoms with Crippen LogP contribution in [0.15, 0.2) is 14.9 Å². The van der Waals surface area contributed by atoms with Gasteiger partial charge in [0.2, 0.25) is 11.8 Å². The molecule has 0 unspecified atom stereocenters. The molecule has 0 bridgehead atoms. The Morgan fingerprint density at radius 2 is 2.15 bits per heavy atom. The van der Waals surface area contributed by atoms with Gasteiger partial charge in [0.15, 0.2) is 0 Å². The van der Waals surface area contributed by atoms with E-state index in [0.717, 1.165) is 49.5 Å². The number of hydrogen-bond donors (Lipinski definition) is 0. The zero-order valence-electron chi connectivity index (χ0n) is 15.8. The molecule has 2 aromatic rings. The van der Waals surface area contributed by atoms with Crippen LogP contribution < -0.4 is 0 Å². The Morgan fingerprint density at radius 1 is 1.31 bits per heavy atom. The lowest BCUT2D eigenvalue weighted by Gasteiger charge is -2.25. The third-order valence-electron chi connectivity index (χ3n) is 4.59. The van der Waals surface area contributed by atoms with Crippen LogP contribution >= 0.6 is 0 Å². The standard InChI is InChI=1S/C19H27N3O4/c1-4-9-22(12-15-6-5-10-24-15)18(23)8-7-17-20-21-19(26-17)16-11-13(2)25-14(16)3/h11,15H,4-10,12H2,1-3H3/t15-/m0/s1. The highest BCUT2D eigenvalue weighted by Gasteiger charge is 2.22. The van der Waals surface area contributed by atoms with Gasteiger partial charge in [-0.25, -0.2) is 0 Å². The van der Waals surface area contributed by atoms with Gasteiger partial charge in [0.25, 0.3) is 5.89 Å². The monoisotopic (exact) mass is 361 g/mol. The quantitative estimate of drug-likeness (QED) is 0.717. The summed E-state index contributed by atoms with van der Waals surface area (Å²) in [5.41, 5.74) is 0.804. The van der Waals surface area contributed by atoms with Crippen molar-refractivity contribution in [3.8, 4) is 11.5 Å². The fourth-order valence-electron chi connectivity index (χ4n) is 3.30. The molecule has 0 N–H and O–H groups in total. The van der Waals surface area contributed by atoms with Gasteiger partial charge < -0.3 is 18.5 Å². The molecule has 2 aromatic heterocycles. The molecule has 0 radical (unpaired) electrons. The van der Waals surface area contributed by atoms with Crippen molar-refractivity contribution in [1.29, 1.82) is 0 Å². The molecule has 142 valence electrons. The minimum absolute atomic E-state index is 0.109. The van der Waals surface area contributed by atoms with Gasteiger partial charge in [0, 0.05) is 32.5 Å². The molecule has 3 heterocycles.